The largest absolute Gasteiger partial charge is 0.396 e. The van der Waals surface area contributed by atoms with E-state index in [9.17, 15) is 5.11 Å². The molecule has 0 aromatic rings. The molecule has 0 fully saturated rings. The predicted molar refractivity (Wildman–Crippen MR) is 63.9 cm³/mol. The lowest BCUT2D eigenvalue weighted by Gasteiger charge is -2.33. The molecule has 0 rings (SSSR count). The number of rotatable bonds is 9. The molecule has 0 saturated carbocycles. The predicted octanol–water partition coefficient (Wildman–Crippen LogP) is 1.63. The normalized spacial score (nSPS) is 15.6. The van der Waals surface area contributed by atoms with E-state index in [-0.39, 0.29) is 18.8 Å². The molecular formula is C12H27NO2. The maximum Gasteiger partial charge on any atom is 0.0695 e. The van der Waals surface area contributed by atoms with Crippen LogP contribution in [0.25, 0.3) is 0 Å². The molecule has 0 aliphatic heterocycles. The van der Waals surface area contributed by atoms with Crippen LogP contribution in [0.5, 0.6) is 0 Å². The molecule has 0 aliphatic rings. The Hall–Kier alpha value is -0.120. The third kappa shape index (κ3) is 5.50. The first-order chi connectivity index (χ1) is 7.21. The molecule has 2 N–H and O–H groups in total. The molecule has 0 saturated heterocycles. The van der Waals surface area contributed by atoms with E-state index in [1.54, 1.807) is 0 Å². The summed E-state index contributed by atoms with van der Waals surface area (Å²) in [6, 6.07) is 0.215. The van der Waals surface area contributed by atoms with Gasteiger partial charge in [-0.25, -0.2) is 0 Å². The highest BCUT2D eigenvalue weighted by molar-refractivity contribution is 4.77. The van der Waals surface area contributed by atoms with E-state index >= 15 is 0 Å². The standard InChI is InChI=1S/C12H27NO2/c1-4-8-12(15)11(9-7-10-14)13(5-2)6-3/h11-12,14-15H,4-10H2,1-3H3. The third-order valence-electron chi connectivity index (χ3n) is 2.97. The van der Waals surface area contributed by atoms with Gasteiger partial charge in [0.2, 0.25) is 0 Å². The van der Waals surface area contributed by atoms with Crippen molar-refractivity contribution in [3.05, 3.63) is 0 Å². The van der Waals surface area contributed by atoms with Crippen LogP contribution >= 0.6 is 0 Å². The van der Waals surface area contributed by atoms with Gasteiger partial charge in [0.05, 0.1) is 6.10 Å². The topological polar surface area (TPSA) is 43.7 Å². The summed E-state index contributed by atoms with van der Waals surface area (Å²) in [5.74, 6) is 0. The van der Waals surface area contributed by atoms with Crippen molar-refractivity contribution < 1.29 is 10.2 Å². The van der Waals surface area contributed by atoms with Crippen LogP contribution in [0.3, 0.4) is 0 Å². The van der Waals surface area contributed by atoms with Gasteiger partial charge in [-0.2, -0.15) is 0 Å². The molecule has 3 heteroatoms. The van der Waals surface area contributed by atoms with Crippen molar-refractivity contribution in [3.8, 4) is 0 Å². The molecule has 0 aromatic heterocycles. The van der Waals surface area contributed by atoms with Gasteiger partial charge >= 0.3 is 0 Å². The van der Waals surface area contributed by atoms with Gasteiger partial charge in [0.25, 0.3) is 0 Å². The fraction of sp³-hybridized carbons (Fsp3) is 1.00. The van der Waals surface area contributed by atoms with Crippen molar-refractivity contribution in [2.24, 2.45) is 0 Å². The van der Waals surface area contributed by atoms with E-state index in [4.69, 9.17) is 5.11 Å². The van der Waals surface area contributed by atoms with Crippen LogP contribution in [-0.2, 0) is 0 Å². The summed E-state index contributed by atoms with van der Waals surface area (Å²) in [7, 11) is 0. The number of aliphatic hydroxyl groups is 2. The van der Waals surface area contributed by atoms with E-state index in [0.29, 0.717) is 0 Å². The van der Waals surface area contributed by atoms with Crippen LogP contribution in [0.1, 0.15) is 46.5 Å². The van der Waals surface area contributed by atoms with Crippen molar-refractivity contribution in [1.29, 1.82) is 0 Å². The number of nitrogens with zero attached hydrogens (tertiary/aromatic N) is 1. The highest BCUT2D eigenvalue weighted by atomic mass is 16.3. The Morgan fingerprint density at radius 1 is 1.07 bits per heavy atom. The van der Waals surface area contributed by atoms with Crippen LogP contribution in [0.15, 0.2) is 0 Å². The van der Waals surface area contributed by atoms with E-state index in [2.05, 4.69) is 25.7 Å². The number of hydrogen-bond acceptors (Lipinski definition) is 3. The van der Waals surface area contributed by atoms with Crippen LogP contribution in [0.2, 0.25) is 0 Å². The molecule has 0 heterocycles. The fourth-order valence-electron chi connectivity index (χ4n) is 2.10. The van der Waals surface area contributed by atoms with Crippen molar-refractivity contribution in [1.82, 2.24) is 4.90 Å². The average molecular weight is 217 g/mol. The zero-order valence-electron chi connectivity index (χ0n) is 10.4. The van der Waals surface area contributed by atoms with Crippen molar-refractivity contribution in [2.45, 2.75) is 58.6 Å². The second-order valence-electron chi connectivity index (χ2n) is 4.01. The lowest BCUT2D eigenvalue weighted by Crippen LogP contribution is -2.43. The molecule has 0 radical (unpaired) electrons. The molecule has 0 amide bonds. The van der Waals surface area contributed by atoms with E-state index in [0.717, 1.165) is 38.8 Å². The van der Waals surface area contributed by atoms with E-state index in [1.165, 1.54) is 0 Å². The van der Waals surface area contributed by atoms with Crippen LogP contribution in [0, 0.1) is 0 Å². The van der Waals surface area contributed by atoms with Gasteiger partial charge in [-0.05, 0) is 32.4 Å². The highest BCUT2D eigenvalue weighted by Crippen LogP contribution is 2.15. The Morgan fingerprint density at radius 3 is 2.07 bits per heavy atom. The second-order valence-corrected chi connectivity index (χ2v) is 4.01. The zero-order chi connectivity index (χ0) is 11.7. The Balaban J connectivity index is 4.25. The maximum atomic E-state index is 10.0. The first kappa shape index (κ1) is 14.9. The first-order valence-electron chi connectivity index (χ1n) is 6.24. The first-order valence-corrected chi connectivity index (χ1v) is 6.24. The van der Waals surface area contributed by atoms with Gasteiger partial charge in [0.15, 0.2) is 0 Å². The summed E-state index contributed by atoms with van der Waals surface area (Å²) in [4.78, 5) is 2.29. The van der Waals surface area contributed by atoms with Crippen molar-refractivity contribution in [2.75, 3.05) is 19.7 Å². The molecule has 0 aromatic carbocycles. The monoisotopic (exact) mass is 217 g/mol. The van der Waals surface area contributed by atoms with Crippen LogP contribution < -0.4 is 0 Å². The summed E-state index contributed by atoms with van der Waals surface area (Å²) in [5, 5.41) is 18.9. The maximum absolute atomic E-state index is 10.0. The molecule has 15 heavy (non-hydrogen) atoms. The molecule has 3 nitrogen and oxygen atoms in total. The van der Waals surface area contributed by atoms with Gasteiger partial charge in [-0.3, -0.25) is 4.90 Å². The minimum atomic E-state index is -0.249. The third-order valence-corrected chi connectivity index (χ3v) is 2.97. The Labute approximate surface area is 94.1 Å². The summed E-state index contributed by atoms with van der Waals surface area (Å²) >= 11 is 0. The Kier molecular flexibility index (Phi) is 9.06. The summed E-state index contributed by atoms with van der Waals surface area (Å²) < 4.78 is 0. The summed E-state index contributed by atoms with van der Waals surface area (Å²) in [6.07, 6.45) is 3.29. The second kappa shape index (κ2) is 9.13. The fourth-order valence-corrected chi connectivity index (χ4v) is 2.10. The zero-order valence-corrected chi connectivity index (χ0v) is 10.4. The average Bonchev–Trinajstić information content (AvgIpc) is 2.24. The number of aliphatic hydroxyl groups excluding tert-OH is 2. The molecule has 2 atom stereocenters. The van der Waals surface area contributed by atoms with E-state index in [1.807, 2.05) is 0 Å². The van der Waals surface area contributed by atoms with E-state index < -0.39 is 0 Å². The Bertz CT molecular complexity index is 138. The van der Waals surface area contributed by atoms with Crippen LogP contribution in [0.4, 0.5) is 0 Å². The van der Waals surface area contributed by atoms with Crippen molar-refractivity contribution >= 4 is 0 Å². The summed E-state index contributed by atoms with van der Waals surface area (Å²) in [5.41, 5.74) is 0. The smallest absolute Gasteiger partial charge is 0.0695 e. The van der Waals surface area contributed by atoms with Crippen molar-refractivity contribution in [3.63, 3.8) is 0 Å². The lowest BCUT2D eigenvalue weighted by molar-refractivity contribution is 0.0398. The Morgan fingerprint density at radius 2 is 1.67 bits per heavy atom. The molecule has 0 spiro atoms. The summed E-state index contributed by atoms with van der Waals surface area (Å²) in [6.45, 7) is 8.48. The molecular weight excluding hydrogens is 190 g/mol. The molecule has 0 bridgehead atoms. The van der Waals surface area contributed by atoms with Gasteiger partial charge in [0.1, 0.15) is 0 Å². The number of hydrogen-bond donors (Lipinski definition) is 2. The number of likely N-dealkylation sites (N-methyl/N-ethyl adjacent to an activating group) is 1. The quantitative estimate of drug-likeness (QED) is 0.617. The van der Waals surface area contributed by atoms with Gasteiger partial charge in [-0.15, -0.1) is 0 Å². The SMILES string of the molecule is CCCC(O)C(CCCO)N(CC)CC. The van der Waals surface area contributed by atoms with Crippen LogP contribution in [-0.4, -0.2) is 47.0 Å². The molecule has 92 valence electrons. The molecule has 0 aliphatic carbocycles. The van der Waals surface area contributed by atoms with Gasteiger partial charge in [-0.1, -0.05) is 27.2 Å². The molecule has 2 unspecified atom stereocenters. The highest BCUT2D eigenvalue weighted by Gasteiger charge is 2.22. The lowest BCUT2D eigenvalue weighted by atomic mass is 10.00. The van der Waals surface area contributed by atoms with Gasteiger partial charge in [0, 0.05) is 12.6 Å². The minimum Gasteiger partial charge on any atom is -0.396 e. The minimum absolute atomic E-state index is 0.215. The van der Waals surface area contributed by atoms with Gasteiger partial charge < -0.3 is 10.2 Å².